The zero-order chi connectivity index (χ0) is 20.3. The van der Waals surface area contributed by atoms with Crippen LogP contribution in [-0.4, -0.2) is 42.4 Å². The van der Waals surface area contributed by atoms with Crippen LogP contribution in [0, 0.1) is 10.1 Å². The number of hydrogen-bond donors (Lipinski definition) is 1. The molecule has 6 nitrogen and oxygen atoms in total. The third-order valence-electron chi connectivity index (χ3n) is 4.43. The molecule has 10 heteroatoms. The third kappa shape index (κ3) is 4.92. The maximum atomic E-state index is 12.4. The molecule has 1 saturated heterocycles. The van der Waals surface area contributed by atoms with E-state index in [1.165, 1.54) is 42.5 Å². The molecule has 0 aromatic heterocycles. The smallest absolute Gasteiger partial charge is 0.406 e. The zero-order valence-corrected chi connectivity index (χ0v) is 15.3. The summed E-state index contributed by atoms with van der Waals surface area (Å²) in [4.78, 5) is 13.1. The second-order valence-electron chi connectivity index (χ2n) is 6.27. The number of hydrogen-bond acceptors (Lipinski definition) is 5. The number of piperazine rings is 1. The zero-order valence-electron chi connectivity index (χ0n) is 14.6. The van der Waals surface area contributed by atoms with E-state index in [0.29, 0.717) is 42.3 Å². The van der Waals surface area contributed by atoms with E-state index < -0.39 is 17.3 Å². The van der Waals surface area contributed by atoms with Gasteiger partial charge >= 0.3 is 6.36 Å². The molecule has 28 heavy (non-hydrogen) atoms. The topological polar surface area (TPSA) is 67.6 Å². The van der Waals surface area contributed by atoms with Crippen molar-refractivity contribution in [1.82, 2.24) is 10.2 Å². The van der Waals surface area contributed by atoms with E-state index in [-0.39, 0.29) is 11.4 Å². The second kappa shape index (κ2) is 8.34. The van der Waals surface area contributed by atoms with Crippen molar-refractivity contribution < 1.29 is 22.8 Å². The van der Waals surface area contributed by atoms with Crippen LogP contribution in [0.25, 0.3) is 0 Å². The van der Waals surface area contributed by atoms with E-state index in [4.69, 9.17) is 11.6 Å². The molecule has 0 unspecified atom stereocenters. The van der Waals surface area contributed by atoms with Gasteiger partial charge in [-0.3, -0.25) is 15.0 Å². The lowest BCUT2D eigenvalue weighted by atomic mass is 9.95. The van der Waals surface area contributed by atoms with Crippen LogP contribution in [0.15, 0.2) is 42.5 Å². The normalized spacial score (nSPS) is 16.6. The van der Waals surface area contributed by atoms with E-state index in [2.05, 4.69) is 10.1 Å². The van der Waals surface area contributed by atoms with Gasteiger partial charge in [0.2, 0.25) is 0 Å². The van der Waals surface area contributed by atoms with Crippen LogP contribution in [0.3, 0.4) is 0 Å². The number of alkyl halides is 3. The molecule has 0 aliphatic carbocycles. The van der Waals surface area contributed by atoms with Gasteiger partial charge in [0.25, 0.3) is 5.69 Å². The summed E-state index contributed by atoms with van der Waals surface area (Å²) in [6.45, 7) is 2.63. The molecule has 0 radical (unpaired) electrons. The highest BCUT2D eigenvalue weighted by Crippen LogP contribution is 2.37. The first-order valence-electron chi connectivity index (χ1n) is 8.49. The molecule has 150 valence electrons. The van der Waals surface area contributed by atoms with Crippen LogP contribution in [0.4, 0.5) is 18.9 Å². The van der Waals surface area contributed by atoms with E-state index in [9.17, 15) is 23.3 Å². The van der Waals surface area contributed by atoms with Gasteiger partial charge in [-0.05, 0) is 29.8 Å². The molecule has 3 rings (SSSR count). The summed E-state index contributed by atoms with van der Waals surface area (Å²) in [5, 5.41) is 15.1. The molecule has 1 aliphatic rings. The Morgan fingerprint density at radius 2 is 1.79 bits per heavy atom. The van der Waals surface area contributed by atoms with E-state index in [0.717, 1.165) is 0 Å². The first-order valence-corrected chi connectivity index (χ1v) is 8.87. The molecule has 0 spiro atoms. The van der Waals surface area contributed by atoms with E-state index in [1.807, 2.05) is 4.90 Å². The number of halogens is 4. The van der Waals surface area contributed by atoms with Crippen LogP contribution in [0.1, 0.15) is 17.2 Å². The van der Waals surface area contributed by atoms with Gasteiger partial charge in [0.05, 0.1) is 16.5 Å². The molecule has 0 saturated carbocycles. The molecule has 0 bridgehead atoms. The van der Waals surface area contributed by atoms with Crippen molar-refractivity contribution in [2.45, 2.75) is 12.4 Å². The summed E-state index contributed by atoms with van der Waals surface area (Å²) in [6.07, 6.45) is -4.79. The van der Waals surface area contributed by atoms with Crippen LogP contribution >= 0.6 is 11.6 Å². The fourth-order valence-electron chi connectivity index (χ4n) is 3.29. The van der Waals surface area contributed by atoms with Gasteiger partial charge in [-0.2, -0.15) is 0 Å². The van der Waals surface area contributed by atoms with Gasteiger partial charge in [-0.15, -0.1) is 13.2 Å². The van der Waals surface area contributed by atoms with Gasteiger partial charge < -0.3 is 10.1 Å². The number of benzene rings is 2. The molecule has 1 atom stereocenters. The molecule has 0 amide bonds. The van der Waals surface area contributed by atoms with Gasteiger partial charge in [0.1, 0.15) is 5.75 Å². The molecule has 2 aromatic rings. The lowest BCUT2D eigenvalue weighted by Crippen LogP contribution is -2.45. The van der Waals surface area contributed by atoms with Crippen molar-refractivity contribution in [1.29, 1.82) is 0 Å². The number of ether oxygens (including phenoxy) is 1. The van der Waals surface area contributed by atoms with Gasteiger partial charge in [0, 0.05) is 37.3 Å². The Morgan fingerprint density at radius 1 is 1.14 bits per heavy atom. The van der Waals surface area contributed by atoms with Crippen LogP contribution in [0.2, 0.25) is 5.02 Å². The third-order valence-corrected chi connectivity index (χ3v) is 4.66. The van der Waals surface area contributed by atoms with Crippen LogP contribution < -0.4 is 10.1 Å². The van der Waals surface area contributed by atoms with Gasteiger partial charge in [-0.25, -0.2) is 0 Å². The first kappa shape index (κ1) is 20.4. The number of rotatable bonds is 5. The van der Waals surface area contributed by atoms with E-state index >= 15 is 0 Å². The number of nitrogens with zero attached hydrogens (tertiary/aromatic N) is 2. The highest BCUT2D eigenvalue weighted by molar-refractivity contribution is 6.30. The SMILES string of the molecule is O=[N+]([O-])c1ccc(Cl)cc1[C@H](c1ccc(OC(F)(F)F)cc1)N1CCNCC1. The Morgan fingerprint density at radius 3 is 2.36 bits per heavy atom. The Bertz CT molecular complexity index is 840. The van der Waals surface area contributed by atoms with Crippen LogP contribution in [-0.2, 0) is 0 Å². The van der Waals surface area contributed by atoms with Crippen molar-refractivity contribution in [2.24, 2.45) is 0 Å². The maximum Gasteiger partial charge on any atom is 0.573 e. The Kier molecular flexibility index (Phi) is 6.07. The summed E-state index contributed by atoms with van der Waals surface area (Å²) in [5.74, 6) is -0.351. The van der Waals surface area contributed by atoms with Crippen molar-refractivity contribution >= 4 is 17.3 Å². The van der Waals surface area contributed by atoms with Crippen molar-refractivity contribution in [3.8, 4) is 5.75 Å². The second-order valence-corrected chi connectivity index (χ2v) is 6.70. The molecule has 1 heterocycles. The Hall–Kier alpha value is -2.36. The summed E-state index contributed by atoms with van der Waals surface area (Å²) in [5.41, 5.74) is 0.911. The first-order chi connectivity index (χ1) is 13.2. The molecular formula is C18H17ClF3N3O3. The minimum atomic E-state index is -4.79. The largest absolute Gasteiger partial charge is 0.573 e. The monoisotopic (exact) mass is 415 g/mol. The minimum Gasteiger partial charge on any atom is -0.406 e. The summed E-state index contributed by atoms with van der Waals surface area (Å²) in [7, 11) is 0. The quantitative estimate of drug-likeness (QED) is 0.587. The summed E-state index contributed by atoms with van der Waals surface area (Å²) >= 11 is 6.09. The molecule has 1 fully saturated rings. The lowest BCUT2D eigenvalue weighted by Gasteiger charge is -2.35. The highest BCUT2D eigenvalue weighted by Gasteiger charge is 2.32. The summed E-state index contributed by atoms with van der Waals surface area (Å²) in [6, 6.07) is 9.17. The predicted octanol–water partition coefficient (Wildman–Crippen LogP) is 4.14. The average molecular weight is 416 g/mol. The standard InChI is InChI=1S/C18H17ClF3N3O3/c19-13-3-6-16(25(26)27)15(11-13)17(24-9-7-23-8-10-24)12-1-4-14(5-2-12)28-18(20,21)22/h1-6,11,17,23H,7-10H2/t17-/m0/s1. The summed E-state index contributed by atoms with van der Waals surface area (Å²) < 4.78 is 41.2. The molecule has 1 aliphatic heterocycles. The van der Waals surface area contributed by atoms with Crippen LogP contribution in [0.5, 0.6) is 5.75 Å². The predicted molar refractivity (Wildman–Crippen MR) is 97.5 cm³/mol. The molecule has 1 N–H and O–H groups in total. The fourth-order valence-corrected chi connectivity index (χ4v) is 3.47. The molecule has 2 aromatic carbocycles. The fraction of sp³-hybridized carbons (Fsp3) is 0.333. The molecular weight excluding hydrogens is 399 g/mol. The Labute approximate surface area is 164 Å². The van der Waals surface area contributed by atoms with Gasteiger partial charge in [-0.1, -0.05) is 23.7 Å². The Balaban J connectivity index is 2.03. The maximum absolute atomic E-state index is 12.4. The number of nitro groups is 1. The van der Waals surface area contributed by atoms with Crippen molar-refractivity contribution in [3.05, 3.63) is 68.7 Å². The highest BCUT2D eigenvalue weighted by atomic mass is 35.5. The van der Waals surface area contributed by atoms with Gasteiger partial charge in [0.15, 0.2) is 0 Å². The van der Waals surface area contributed by atoms with Crippen molar-refractivity contribution in [3.63, 3.8) is 0 Å². The number of nitro benzene ring substituents is 1. The number of nitrogens with one attached hydrogen (secondary N) is 1. The minimum absolute atomic E-state index is 0.0939. The van der Waals surface area contributed by atoms with Crippen molar-refractivity contribution in [2.75, 3.05) is 26.2 Å². The lowest BCUT2D eigenvalue weighted by molar-refractivity contribution is -0.385. The van der Waals surface area contributed by atoms with E-state index in [1.54, 1.807) is 0 Å². The average Bonchev–Trinajstić information content (AvgIpc) is 2.63.